The summed E-state index contributed by atoms with van der Waals surface area (Å²) < 4.78 is 0. The van der Waals surface area contributed by atoms with Crippen molar-refractivity contribution in [2.75, 3.05) is 18.1 Å². The molecule has 0 bridgehead atoms. The Morgan fingerprint density at radius 1 is 1.38 bits per heavy atom. The molecule has 16 heavy (non-hydrogen) atoms. The summed E-state index contributed by atoms with van der Waals surface area (Å²) in [4.78, 5) is 0. The number of rotatable bonds is 6. The summed E-state index contributed by atoms with van der Waals surface area (Å²) >= 11 is 1.56. The standard InChI is InChI=1S/C12H19NO2S/c1-9-3-2-4-10(5-9)12(13)8-16-7-11(15)6-14/h2-5,11-12,14-15H,6-8,13H2,1H3. The van der Waals surface area contributed by atoms with Gasteiger partial charge in [0, 0.05) is 17.5 Å². The van der Waals surface area contributed by atoms with E-state index < -0.39 is 6.10 Å². The molecule has 4 heteroatoms. The van der Waals surface area contributed by atoms with Crippen LogP contribution in [0.2, 0.25) is 0 Å². The Hall–Kier alpha value is -0.550. The van der Waals surface area contributed by atoms with Gasteiger partial charge in [-0.3, -0.25) is 0 Å². The Bertz CT molecular complexity index is 320. The van der Waals surface area contributed by atoms with Crippen LogP contribution in [0.4, 0.5) is 0 Å². The highest BCUT2D eigenvalue weighted by atomic mass is 32.2. The van der Waals surface area contributed by atoms with Crippen LogP contribution >= 0.6 is 11.8 Å². The molecule has 0 spiro atoms. The Kier molecular flexibility index (Phi) is 5.84. The van der Waals surface area contributed by atoms with E-state index in [-0.39, 0.29) is 12.6 Å². The average molecular weight is 241 g/mol. The SMILES string of the molecule is Cc1cccc(C(N)CSCC(O)CO)c1. The Morgan fingerprint density at radius 3 is 2.75 bits per heavy atom. The van der Waals surface area contributed by atoms with E-state index in [0.717, 1.165) is 11.3 Å². The fourth-order valence-electron chi connectivity index (χ4n) is 1.38. The minimum Gasteiger partial charge on any atom is -0.394 e. The molecule has 0 radical (unpaired) electrons. The minimum absolute atomic E-state index is 0.0178. The molecule has 1 aromatic rings. The van der Waals surface area contributed by atoms with E-state index in [1.807, 2.05) is 25.1 Å². The summed E-state index contributed by atoms with van der Waals surface area (Å²) in [6.07, 6.45) is -0.644. The zero-order chi connectivity index (χ0) is 12.0. The topological polar surface area (TPSA) is 66.5 Å². The van der Waals surface area contributed by atoms with E-state index in [2.05, 4.69) is 6.07 Å². The summed E-state index contributed by atoms with van der Waals surface area (Å²) in [6.45, 7) is 1.85. The number of nitrogens with two attached hydrogens (primary N) is 1. The summed E-state index contributed by atoms with van der Waals surface area (Å²) in [7, 11) is 0. The molecular formula is C12H19NO2S. The van der Waals surface area contributed by atoms with Gasteiger partial charge in [-0.15, -0.1) is 0 Å². The van der Waals surface area contributed by atoms with Crippen molar-refractivity contribution in [2.24, 2.45) is 5.73 Å². The van der Waals surface area contributed by atoms with Crippen molar-refractivity contribution in [2.45, 2.75) is 19.1 Å². The smallest absolute Gasteiger partial charge is 0.0861 e. The predicted molar refractivity (Wildman–Crippen MR) is 68.5 cm³/mol. The van der Waals surface area contributed by atoms with Crippen molar-refractivity contribution < 1.29 is 10.2 Å². The number of hydrogen-bond acceptors (Lipinski definition) is 4. The molecule has 90 valence electrons. The van der Waals surface area contributed by atoms with Gasteiger partial charge in [0.2, 0.25) is 0 Å². The molecule has 1 aromatic carbocycles. The third kappa shape index (κ3) is 4.53. The quantitative estimate of drug-likeness (QED) is 0.697. The summed E-state index contributed by atoms with van der Waals surface area (Å²) in [6, 6.07) is 8.11. The summed E-state index contributed by atoms with van der Waals surface area (Å²) in [5.41, 5.74) is 8.35. The monoisotopic (exact) mass is 241 g/mol. The zero-order valence-corrected chi connectivity index (χ0v) is 10.3. The van der Waals surface area contributed by atoms with Gasteiger partial charge < -0.3 is 15.9 Å². The van der Waals surface area contributed by atoms with Crippen LogP contribution in [-0.2, 0) is 0 Å². The lowest BCUT2D eigenvalue weighted by Gasteiger charge is -2.13. The number of benzene rings is 1. The average Bonchev–Trinajstić information content (AvgIpc) is 2.28. The molecule has 0 heterocycles. The molecule has 0 aliphatic carbocycles. The van der Waals surface area contributed by atoms with Crippen molar-refractivity contribution in [3.8, 4) is 0 Å². The summed E-state index contributed by atoms with van der Waals surface area (Å²) in [5.74, 6) is 1.27. The molecule has 0 saturated heterocycles. The molecule has 0 aliphatic rings. The van der Waals surface area contributed by atoms with Gasteiger partial charge in [0.1, 0.15) is 0 Å². The highest BCUT2D eigenvalue weighted by Gasteiger charge is 2.08. The zero-order valence-electron chi connectivity index (χ0n) is 9.47. The first-order valence-electron chi connectivity index (χ1n) is 5.32. The lowest BCUT2D eigenvalue weighted by Crippen LogP contribution is -2.18. The summed E-state index contributed by atoms with van der Waals surface area (Å²) in [5, 5.41) is 17.8. The van der Waals surface area contributed by atoms with E-state index in [0.29, 0.717) is 5.75 Å². The molecule has 0 fully saturated rings. The Balaban J connectivity index is 2.38. The minimum atomic E-state index is -0.644. The van der Waals surface area contributed by atoms with Crippen LogP contribution < -0.4 is 5.73 Å². The number of aliphatic hydroxyl groups is 2. The lowest BCUT2D eigenvalue weighted by atomic mass is 10.1. The van der Waals surface area contributed by atoms with Crippen LogP contribution in [0.3, 0.4) is 0 Å². The van der Waals surface area contributed by atoms with E-state index in [9.17, 15) is 5.11 Å². The van der Waals surface area contributed by atoms with Gasteiger partial charge in [0.25, 0.3) is 0 Å². The molecule has 2 atom stereocenters. The fourth-order valence-corrected chi connectivity index (χ4v) is 2.34. The van der Waals surface area contributed by atoms with Crippen LogP contribution in [0.1, 0.15) is 17.2 Å². The molecule has 3 nitrogen and oxygen atoms in total. The normalized spacial score (nSPS) is 14.8. The second-order valence-corrected chi connectivity index (χ2v) is 4.97. The largest absolute Gasteiger partial charge is 0.394 e. The van der Waals surface area contributed by atoms with Gasteiger partial charge in [-0.05, 0) is 12.5 Å². The molecule has 0 aliphatic heterocycles. The molecule has 0 amide bonds. The van der Waals surface area contributed by atoms with Gasteiger partial charge in [0.15, 0.2) is 0 Å². The van der Waals surface area contributed by atoms with E-state index >= 15 is 0 Å². The van der Waals surface area contributed by atoms with Gasteiger partial charge >= 0.3 is 0 Å². The van der Waals surface area contributed by atoms with Crippen LogP contribution in [-0.4, -0.2) is 34.4 Å². The van der Waals surface area contributed by atoms with E-state index in [4.69, 9.17) is 10.8 Å². The van der Waals surface area contributed by atoms with Crippen molar-refractivity contribution in [3.05, 3.63) is 35.4 Å². The number of aliphatic hydroxyl groups excluding tert-OH is 2. The van der Waals surface area contributed by atoms with Crippen LogP contribution in [0.15, 0.2) is 24.3 Å². The molecule has 0 saturated carbocycles. The second-order valence-electron chi connectivity index (χ2n) is 3.89. The third-order valence-electron chi connectivity index (χ3n) is 2.29. The van der Waals surface area contributed by atoms with Crippen LogP contribution in [0, 0.1) is 6.92 Å². The maximum atomic E-state index is 9.17. The van der Waals surface area contributed by atoms with Crippen LogP contribution in [0.5, 0.6) is 0 Å². The highest BCUT2D eigenvalue weighted by molar-refractivity contribution is 7.99. The molecule has 4 N–H and O–H groups in total. The van der Waals surface area contributed by atoms with E-state index in [1.54, 1.807) is 11.8 Å². The first-order valence-corrected chi connectivity index (χ1v) is 6.47. The van der Waals surface area contributed by atoms with Crippen molar-refractivity contribution in [1.82, 2.24) is 0 Å². The fraction of sp³-hybridized carbons (Fsp3) is 0.500. The first-order chi connectivity index (χ1) is 7.63. The van der Waals surface area contributed by atoms with Crippen molar-refractivity contribution in [3.63, 3.8) is 0 Å². The third-order valence-corrected chi connectivity index (χ3v) is 3.50. The highest BCUT2D eigenvalue weighted by Crippen LogP contribution is 2.17. The number of hydrogen-bond donors (Lipinski definition) is 3. The maximum absolute atomic E-state index is 9.17. The maximum Gasteiger partial charge on any atom is 0.0861 e. The van der Waals surface area contributed by atoms with E-state index in [1.165, 1.54) is 5.56 Å². The van der Waals surface area contributed by atoms with Crippen molar-refractivity contribution >= 4 is 11.8 Å². The molecule has 2 unspecified atom stereocenters. The first kappa shape index (κ1) is 13.5. The number of thioether (sulfide) groups is 1. The van der Waals surface area contributed by atoms with Gasteiger partial charge in [0.05, 0.1) is 12.7 Å². The second kappa shape index (κ2) is 6.91. The lowest BCUT2D eigenvalue weighted by molar-refractivity contribution is 0.113. The number of aryl methyl sites for hydroxylation is 1. The molecule has 1 rings (SSSR count). The Labute approximate surface area is 101 Å². The van der Waals surface area contributed by atoms with Crippen molar-refractivity contribution in [1.29, 1.82) is 0 Å². The molecule has 0 aromatic heterocycles. The van der Waals surface area contributed by atoms with Crippen LogP contribution in [0.25, 0.3) is 0 Å². The predicted octanol–water partition coefficient (Wildman–Crippen LogP) is 1.08. The Morgan fingerprint density at radius 2 is 2.12 bits per heavy atom. The van der Waals surface area contributed by atoms with Gasteiger partial charge in [-0.2, -0.15) is 11.8 Å². The van der Waals surface area contributed by atoms with Gasteiger partial charge in [-0.25, -0.2) is 0 Å². The van der Waals surface area contributed by atoms with Gasteiger partial charge in [-0.1, -0.05) is 29.8 Å². The molecular weight excluding hydrogens is 222 g/mol.